The van der Waals surface area contributed by atoms with Crippen LogP contribution in [-0.4, -0.2) is 55.5 Å². The van der Waals surface area contributed by atoms with E-state index < -0.39 is 15.6 Å². The first-order valence-corrected chi connectivity index (χ1v) is 9.00. The van der Waals surface area contributed by atoms with Gasteiger partial charge in [0.15, 0.2) is 10.7 Å². The number of nitrogens with two attached hydrogens (primary N) is 1. The number of nitrogens with zero attached hydrogens (tertiary/aromatic N) is 3. The Kier molecular flexibility index (Phi) is 4.48. The van der Waals surface area contributed by atoms with Gasteiger partial charge in [-0.15, -0.1) is 0 Å². The summed E-state index contributed by atoms with van der Waals surface area (Å²) in [5.74, 6) is 0.00830. The van der Waals surface area contributed by atoms with Crippen LogP contribution in [0, 0.1) is 0 Å². The number of hydrogen-bond acceptors (Lipinski definition) is 7. The van der Waals surface area contributed by atoms with Gasteiger partial charge in [-0.2, -0.15) is 4.37 Å². The van der Waals surface area contributed by atoms with Crippen LogP contribution >= 0.6 is 11.5 Å². The van der Waals surface area contributed by atoms with Crippen molar-refractivity contribution in [2.24, 2.45) is 0 Å². The zero-order chi connectivity index (χ0) is 15.8. The standard InChI is InChI=1S/C12H22N4O3S2/c1-15(2)21(18,19)9-10(13)14-20-11(9)16(3)8-12(17)6-4-5-7-12/h17H,4-8H2,1-3H3,(H2,13,14). The summed E-state index contributed by atoms with van der Waals surface area (Å²) in [6.07, 6.45) is 3.47. The molecule has 120 valence electrons. The quantitative estimate of drug-likeness (QED) is 0.823. The molecule has 1 aromatic rings. The Labute approximate surface area is 129 Å². The van der Waals surface area contributed by atoms with Crippen LogP contribution in [0.5, 0.6) is 0 Å². The molecule has 0 saturated heterocycles. The highest BCUT2D eigenvalue weighted by Crippen LogP contribution is 2.38. The summed E-state index contributed by atoms with van der Waals surface area (Å²) in [6.45, 7) is 0.380. The van der Waals surface area contributed by atoms with Crippen LogP contribution in [0.15, 0.2) is 4.90 Å². The molecule has 0 spiro atoms. The Morgan fingerprint density at radius 3 is 2.43 bits per heavy atom. The van der Waals surface area contributed by atoms with E-state index >= 15 is 0 Å². The van der Waals surface area contributed by atoms with Crippen molar-refractivity contribution in [3.8, 4) is 0 Å². The SMILES string of the molecule is CN(CC1(O)CCCC1)c1snc(N)c1S(=O)(=O)N(C)C. The molecule has 3 N–H and O–H groups in total. The molecule has 2 rings (SSSR count). The van der Waals surface area contributed by atoms with Crippen LogP contribution < -0.4 is 10.6 Å². The molecule has 1 saturated carbocycles. The van der Waals surface area contributed by atoms with Gasteiger partial charge in [0.1, 0.15) is 5.00 Å². The van der Waals surface area contributed by atoms with Gasteiger partial charge in [-0.05, 0) is 24.4 Å². The van der Waals surface area contributed by atoms with Gasteiger partial charge >= 0.3 is 0 Å². The summed E-state index contributed by atoms with van der Waals surface area (Å²) < 4.78 is 29.9. The number of sulfonamides is 1. The molecule has 0 aromatic carbocycles. The Morgan fingerprint density at radius 2 is 1.90 bits per heavy atom. The van der Waals surface area contributed by atoms with Crippen molar-refractivity contribution in [2.45, 2.75) is 36.2 Å². The second-order valence-corrected chi connectivity index (χ2v) is 8.62. The smallest absolute Gasteiger partial charge is 0.249 e. The minimum Gasteiger partial charge on any atom is -0.388 e. The maximum Gasteiger partial charge on any atom is 0.249 e. The third kappa shape index (κ3) is 3.15. The largest absolute Gasteiger partial charge is 0.388 e. The van der Waals surface area contributed by atoms with Crippen LogP contribution in [0.1, 0.15) is 25.7 Å². The topological polar surface area (TPSA) is 99.8 Å². The predicted molar refractivity (Wildman–Crippen MR) is 84.1 cm³/mol. The van der Waals surface area contributed by atoms with Gasteiger partial charge in [0.2, 0.25) is 10.0 Å². The van der Waals surface area contributed by atoms with Crippen LogP contribution in [-0.2, 0) is 10.0 Å². The number of aromatic nitrogens is 1. The van der Waals surface area contributed by atoms with Crippen LogP contribution in [0.4, 0.5) is 10.8 Å². The summed E-state index contributed by atoms with van der Waals surface area (Å²) >= 11 is 1.04. The molecule has 1 aliphatic carbocycles. The number of anilines is 2. The lowest BCUT2D eigenvalue weighted by molar-refractivity contribution is 0.0559. The van der Waals surface area contributed by atoms with Gasteiger partial charge in [0.25, 0.3) is 0 Å². The maximum absolute atomic E-state index is 12.4. The van der Waals surface area contributed by atoms with Crippen molar-refractivity contribution in [2.75, 3.05) is 38.3 Å². The number of rotatable bonds is 5. The summed E-state index contributed by atoms with van der Waals surface area (Å²) in [5, 5.41) is 11.0. The molecule has 1 aliphatic rings. The summed E-state index contributed by atoms with van der Waals surface area (Å²) in [7, 11) is 1.02. The van der Waals surface area contributed by atoms with Gasteiger partial charge in [-0.1, -0.05) is 12.8 Å². The molecule has 7 nitrogen and oxygen atoms in total. The lowest BCUT2D eigenvalue weighted by Crippen LogP contribution is -2.39. The highest BCUT2D eigenvalue weighted by Gasteiger charge is 2.35. The van der Waals surface area contributed by atoms with Crippen molar-refractivity contribution in [1.82, 2.24) is 8.68 Å². The van der Waals surface area contributed by atoms with Gasteiger partial charge in [0.05, 0.1) is 5.60 Å². The molecular formula is C12H22N4O3S2. The fourth-order valence-corrected chi connectivity index (χ4v) is 4.86. The highest BCUT2D eigenvalue weighted by molar-refractivity contribution is 7.89. The van der Waals surface area contributed by atoms with Crippen LogP contribution in [0.3, 0.4) is 0 Å². The Bertz CT molecular complexity index is 606. The molecule has 0 unspecified atom stereocenters. The molecule has 0 aliphatic heterocycles. The molecule has 21 heavy (non-hydrogen) atoms. The lowest BCUT2D eigenvalue weighted by atomic mass is 10.0. The van der Waals surface area contributed by atoms with Crippen LogP contribution in [0.2, 0.25) is 0 Å². The number of likely N-dealkylation sites (N-methyl/N-ethyl adjacent to an activating group) is 1. The lowest BCUT2D eigenvalue weighted by Gasteiger charge is -2.29. The fourth-order valence-electron chi connectivity index (χ4n) is 2.66. The third-order valence-corrected chi connectivity index (χ3v) is 6.79. The van der Waals surface area contributed by atoms with E-state index in [-0.39, 0.29) is 10.7 Å². The molecule has 0 radical (unpaired) electrons. The second kappa shape index (κ2) is 5.71. The molecule has 0 amide bonds. The van der Waals surface area contributed by atoms with E-state index in [0.717, 1.165) is 41.5 Å². The normalized spacial score (nSPS) is 18.3. The monoisotopic (exact) mass is 334 g/mol. The van der Waals surface area contributed by atoms with E-state index in [0.29, 0.717) is 11.5 Å². The van der Waals surface area contributed by atoms with Crippen molar-refractivity contribution in [3.63, 3.8) is 0 Å². The van der Waals surface area contributed by atoms with E-state index in [1.807, 2.05) is 0 Å². The van der Waals surface area contributed by atoms with Gasteiger partial charge in [0, 0.05) is 27.7 Å². The number of hydrogen-bond donors (Lipinski definition) is 2. The fraction of sp³-hybridized carbons (Fsp3) is 0.750. The van der Waals surface area contributed by atoms with Crippen LogP contribution in [0.25, 0.3) is 0 Å². The summed E-state index contributed by atoms with van der Waals surface area (Å²) in [5.41, 5.74) is 4.99. The zero-order valence-electron chi connectivity index (χ0n) is 12.5. The molecular weight excluding hydrogens is 312 g/mol. The first-order chi connectivity index (χ1) is 9.67. The summed E-state index contributed by atoms with van der Waals surface area (Å²) in [6, 6.07) is 0. The first-order valence-electron chi connectivity index (χ1n) is 6.78. The number of nitrogen functional groups attached to an aromatic ring is 1. The minimum atomic E-state index is -3.66. The van der Waals surface area contributed by atoms with Crippen molar-refractivity contribution >= 4 is 32.4 Å². The predicted octanol–water partition coefficient (Wildman–Crippen LogP) is 0.717. The molecule has 1 aromatic heterocycles. The Balaban J connectivity index is 2.33. The third-order valence-electron chi connectivity index (χ3n) is 3.81. The van der Waals surface area contributed by atoms with Gasteiger partial charge in [-0.25, -0.2) is 12.7 Å². The highest BCUT2D eigenvalue weighted by atomic mass is 32.2. The zero-order valence-corrected chi connectivity index (χ0v) is 14.2. The molecule has 0 bridgehead atoms. The molecule has 1 fully saturated rings. The Morgan fingerprint density at radius 1 is 1.33 bits per heavy atom. The second-order valence-electron chi connectivity index (χ2n) is 5.78. The molecule has 1 heterocycles. The van der Waals surface area contributed by atoms with E-state index in [1.54, 1.807) is 11.9 Å². The van der Waals surface area contributed by atoms with E-state index in [2.05, 4.69) is 4.37 Å². The molecule has 9 heteroatoms. The van der Waals surface area contributed by atoms with Crippen molar-refractivity contribution in [1.29, 1.82) is 0 Å². The van der Waals surface area contributed by atoms with E-state index in [9.17, 15) is 13.5 Å². The summed E-state index contributed by atoms with van der Waals surface area (Å²) in [4.78, 5) is 1.78. The molecule has 0 atom stereocenters. The van der Waals surface area contributed by atoms with E-state index in [4.69, 9.17) is 5.73 Å². The maximum atomic E-state index is 12.4. The van der Waals surface area contributed by atoms with Gasteiger partial charge in [-0.3, -0.25) is 0 Å². The average Bonchev–Trinajstić information content (AvgIpc) is 2.95. The van der Waals surface area contributed by atoms with Gasteiger partial charge < -0.3 is 15.7 Å². The first kappa shape index (κ1) is 16.5. The van der Waals surface area contributed by atoms with E-state index in [1.165, 1.54) is 14.1 Å². The number of aliphatic hydroxyl groups is 1. The Hall–Kier alpha value is -0.900. The average molecular weight is 334 g/mol. The van der Waals surface area contributed by atoms with Crippen molar-refractivity contribution in [3.05, 3.63) is 0 Å². The van der Waals surface area contributed by atoms with Crippen molar-refractivity contribution < 1.29 is 13.5 Å². The minimum absolute atomic E-state index is 0.00830.